The van der Waals surface area contributed by atoms with Crippen LogP contribution in [0.1, 0.15) is 16.1 Å². The van der Waals surface area contributed by atoms with E-state index in [-0.39, 0.29) is 11.3 Å². The zero-order chi connectivity index (χ0) is 21.2. The van der Waals surface area contributed by atoms with Gasteiger partial charge in [-0.1, -0.05) is 11.9 Å². The molecule has 29 heavy (non-hydrogen) atoms. The normalized spacial score (nSPS) is 15.1. The van der Waals surface area contributed by atoms with Gasteiger partial charge in [0.05, 0.1) is 11.8 Å². The molecule has 4 rings (SSSR count). The molecule has 0 atom stereocenters. The third-order valence-electron chi connectivity index (χ3n) is 4.25. The number of imidazole rings is 1. The van der Waals surface area contributed by atoms with E-state index in [1.54, 1.807) is 18.0 Å². The Morgan fingerprint density at radius 1 is 1.31 bits per heavy atom. The molecule has 1 fully saturated rings. The van der Waals surface area contributed by atoms with E-state index < -0.39 is 11.7 Å². The van der Waals surface area contributed by atoms with Crippen molar-refractivity contribution in [1.82, 2.24) is 19.0 Å². The Kier molecular flexibility index (Phi) is 6.72. The first-order valence-electron chi connectivity index (χ1n) is 8.48. The monoisotopic (exact) mass is 490 g/mol. The Morgan fingerprint density at radius 2 is 2.03 bits per heavy atom. The molecule has 0 amide bonds. The number of likely N-dealkylation sites (N-methyl/N-ethyl adjacent to an activating group) is 1. The van der Waals surface area contributed by atoms with Gasteiger partial charge in [0.1, 0.15) is 11.3 Å². The molecule has 3 aromatic heterocycles. The average molecular weight is 491 g/mol. The number of fused-ring (bicyclic) bond motifs is 1. The van der Waals surface area contributed by atoms with Crippen molar-refractivity contribution in [1.29, 1.82) is 0 Å². The van der Waals surface area contributed by atoms with Crippen molar-refractivity contribution in [3.05, 3.63) is 46.7 Å². The number of hydrogen-bond acceptors (Lipinski definition) is 6. The second-order valence-electron chi connectivity index (χ2n) is 6.53. The number of likely N-dealkylation sites (tertiary alicyclic amines) is 1. The molecule has 3 aromatic rings. The summed E-state index contributed by atoms with van der Waals surface area (Å²) in [5.74, 6) is 0. The molecule has 11 heteroatoms. The molecule has 6 nitrogen and oxygen atoms in total. The summed E-state index contributed by atoms with van der Waals surface area (Å²) in [4.78, 5) is 16.7. The van der Waals surface area contributed by atoms with E-state index in [0.29, 0.717) is 22.1 Å². The van der Waals surface area contributed by atoms with Crippen LogP contribution in [0, 0.1) is 0 Å². The maximum Gasteiger partial charge on any atom is 0.420 e. The Hall–Kier alpha value is -1.82. The van der Waals surface area contributed by atoms with E-state index in [0.717, 1.165) is 12.1 Å². The largest absolute Gasteiger partial charge is 0.457 e. The fraction of sp³-hybridized carbons (Fsp3) is 0.333. The van der Waals surface area contributed by atoms with Gasteiger partial charge >= 0.3 is 6.18 Å². The number of carbonyl (C=O) groups excluding carboxylic acids is 1. The molecule has 0 spiro atoms. The zero-order valence-corrected chi connectivity index (χ0v) is 17.9. The van der Waals surface area contributed by atoms with Crippen LogP contribution < -0.4 is 4.72 Å². The molecule has 0 aromatic carbocycles. The van der Waals surface area contributed by atoms with Crippen LogP contribution in [0.4, 0.5) is 13.2 Å². The molecule has 0 bridgehead atoms. The number of rotatable bonds is 4. The van der Waals surface area contributed by atoms with Gasteiger partial charge in [-0.05, 0) is 41.4 Å². The predicted molar refractivity (Wildman–Crippen MR) is 109 cm³/mol. The lowest BCUT2D eigenvalue weighted by Crippen LogP contribution is -2.53. The standard InChI is InChI=1S/C13H6BrF3N2O2.C5H12N2S/c14-11-2-8(6-21-11)7-1-10(13(15,16)17)12-18-9(5-20)4-19(12)3-7;1-7-3-5(4-7)6-8-2/h1-6H;5-6H,3-4H2,1-2H3. The Balaban J connectivity index is 0.000000252. The van der Waals surface area contributed by atoms with Crippen LogP contribution in [0.25, 0.3) is 16.8 Å². The first-order chi connectivity index (χ1) is 13.7. The second kappa shape index (κ2) is 8.90. The van der Waals surface area contributed by atoms with E-state index in [4.69, 9.17) is 4.42 Å². The summed E-state index contributed by atoms with van der Waals surface area (Å²) in [5.41, 5.74) is -0.498. The van der Waals surface area contributed by atoms with Crippen LogP contribution in [-0.4, -0.2) is 53.0 Å². The number of aromatic nitrogens is 2. The number of pyridine rings is 1. The fourth-order valence-electron chi connectivity index (χ4n) is 2.94. The summed E-state index contributed by atoms with van der Waals surface area (Å²) in [6.07, 6.45) is 1.93. The molecule has 1 N–H and O–H groups in total. The van der Waals surface area contributed by atoms with Crippen LogP contribution in [0.2, 0.25) is 0 Å². The lowest BCUT2D eigenvalue weighted by molar-refractivity contribution is -0.136. The molecule has 0 aliphatic carbocycles. The Labute approximate surface area is 177 Å². The van der Waals surface area contributed by atoms with E-state index in [9.17, 15) is 18.0 Å². The summed E-state index contributed by atoms with van der Waals surface area (Å²) in [7, 11) is 2.14. The van der Waals surface area contributed by atoms with Gasteiger partial charge in [0.15, 0.2) is 11.0 Å². The molecular weight excluding hydrogens is 473 g/mol. The van der Waals surface area contributed by atoms with Crippen LogP contribution in [-0.2, 0) is 6.18 Å². The van der Waals surface area contributed by atoms with Crippen molar-refractivity contribution >= 4 is 39.8 Å². The number of furan rings is 1. The summed E-state index contributed by atoms with van der Waals surface area (Å²) in [5, 5.41) is 0. The zero-order valence-electron chi connectivity index (χ0n) is 15.5. The molecule has 1 saturated heterocycles. The molecular formula is C18H18BrF3N4O2S. The van der Waals surface area contributed by atoms with Gasteiger partial charge in [-0.3, -0.25) is 9.52 Å². The van der Waals surface area contributed by atoms with Gasteiger partial charge in [0.2, 0.25) is 0 Å². The number of aldehydes is 1. The lowest BCUT2D eigenvalue weighted by atomic mass is 10.1. The summed E-state index contributed by atoms with van der Waals surface area (Å²) in [6.45, 7) is 2.42. The highest BCUT2D eigenvalue weighted by molar-refractivity contribution is 9.10. The highest BCUT2D eigenvalue weighted by atomic mass is 79.9. The van der Waals surface area contributed by atoms with Gasteiger partial charge in [-0.2, -0.15) is 13.2 Å². The smallest absolute Gasteiger partial charge is 0.420 e. The van der Waals surface area contributed by atoms with Crippen LogP contribution in [0.15, 0.2) is 39.9 Å². The van der Waals surface area contributed by atoms with Crippen molar-refractivity contribution in [2.75, 3.05) is 26.4 Å². The van der Waals surface area contributed by atoms with E-state index >= 15 is 0 Å². The number of nitrogens with zero attached hydrogens (tertiary/aromatic N) is 3. The van der Waals surface area contributed by atoms with Crippen molar-refractivity contribution in [3.63, 3.8) is 0 Å². The quantitative estimate of drug-likeness (QED) is 0.433. The molecule has 4 heterocycles. The van der Waals surface area contributed by atoms with Gasteiger partial charge in [-0.25, -0.2) is 4.98 Å². The molecule has 1 aliphatic heterocycles. The molecule has 156 valence electrons. The van der Waals surface area contributed by atoms with Gasteiger partial charge < -0.3 is 13.7 Å². The third kappa shape index (κ3) is 5.21. The third-order valence-corrected chi connectivity index (χ3v) is 5.23. The Bertz CT molecular complexity index is 996. The highest BCUT2D eigenvalue weighted by Crippen LogP contribution is 2.36. The van der Waals surface area contributed by atoms with Crippen LogP contribution in [0.3, 0.4) is 0 Å². The number of halogens is 4. The van der Waals surface area contributed by atoms with Crippen molar-refractivity contribution in [3.8, 4) is 11.1 Å². The maximum absolute atomic E-state index is 13.2. The number of hydrogen-bond donors (Lipinski definition) is 1. The van der Waals surface area contributed by atoms with E-state index in [1.807, 2.05) is 0 Å². The Morgan fingerprint density at radius 3 is 2.55 bits per heavy atom. The van der Waals surface area contributed by atoms with Crippen molar-refractivity contribution in [2.45, 2.75) is 12.2 Å². The molecule has 0 unspecified atom stereocenters. The first-order valence-corrected chi connectivity index (χ1v) is 10.5. The van der Waals surface area contributed by atoms with Gasteiger partial charge in [0.25, 0.3) is 0 Å². The maximum atomic E-state index is 13.2. The SMILES string of the molecule is CSNC1CN(C)C1.O=Cc1cn2cc(-c3coc(Br)c3)cc(C(F)(F)F)c2n1. The molecule has 1 aliphatic rings. The van der Waals surface area contributed by atoms with Gasteiger partial charge in [0, 0.05) is 42.7 Å². The summed E-state index contributed by atoms with van der Waals surface area (Å²) >= 11 is 4.81. The first kappa shape index (κ1) is 21.9. The van der Waals surface area contributed by atoms with Gasteiger partial charge in [-0.15, -0.1) is 0 Å². The number of carbonyl (C=O) groups is 1. The minimum Gasteiger partial charge on any atom is -0.457 e. The lowest BCUT2D eigenvalue weighted by Gasteiger charge is -2.35. The van der Waals surface area contributed by atoms with Crippen LogP contribution in [0.5, 0.6) is 0 Å². The highest BCUT2D eigenvalue weighted by Gasteiger charge is 2.35. The van der Waals surface area contributed by atoms with E-state index in [2.05, 4.69) is 43.8 Å². The minimum atomic E-state index is -4.58. The minimum absolute atomic E-state index is 0.0639. The number of alkyl halides is 3. The van der Waals surface area contributed by atoms with Crippen molar-refractivity contribution in [2.24, 2.45) is 0 Å². The van der Waals surface area contributed by atoms with Crippen molar-refractivity contribution < 1.29 is 22.4 Å². The summed E-state index contributed by atoms with van der Waals surface area (Å²) < 4.78 is 49.4. The average Bonchev–Trinajstić information content (AvgIpc) is 3.25. The molecule has 0 saturated carbocycles. The fourth-order valence-corrected chi connectivity index (χ4v) is 3.76. The predicted octanol–water partition coefficient (Wildman–Crippen LogP) is 4.36. The molecule has 0 radical (unpaired) electrons. The topological polar surface area (TPSA) is 62.8 Å². The van der Waals surface area contributed by atoms with E-state index in [1.165, 1.54) is 36.1 Å². The second-order valence-corrected chi connectivity index (χ2v) is 7.96. The number of nitrogens with one attached hydrogen (secondary N) is 1. The van der Waals surface area contributed by atoms with Crippen LogP contribution >= 0.6 is 27.9 Å². The summed E-state index contributed by atoms with van der Waals surface area (Å²) in [6, 6.07) is 3.28.